The minimum Gasteiger partial charge on any atom is -0.383 e. The molecule has 2 atom stereocenters. The first-order valence-corrected chi connectivity index (χ1v) is 11.0. The summed E-state index contributed by atoms with van der Waals surface area (Å²) in [5.41, 5.74) is 7.19. The Hall–Kier alpha value is -3.49. The zero-order valence-corrected chi connectivity index (χ0v) is 18.3. The second-order valence-corrected chi connectivity index (χ2v) is 8.39. The fraction of sp³-hybridized carbons (Fsp3) is 0.208. The van der Waals surface area contributed by atoms with Gasteiger partial charge in [0.2, 0.25) is 5.91 Å². The largest absolute Gasteiger partial charge is 0.383 e. The number of methoxy groups -OCH3 is 1. The molecule has 0 unspecified atom stereocenters. The lowest BCUT2D eigenvalue weighted by molar-refractivity contribution is -0.119. The maximum Gasteiger partial charge on any atom is 0.254 e. The Morgan fingerprint density at radius 1 is 1.09 bits per heavy atom. The molecule has 0 saturated carbocycles. The highest BCUT2D eigenvalue weighted by Gasteiger charge is 2.44. The molecule has 2 aromatic carbocycles. The van der Waals surface area contributed by atoms with E-state index in [1.54, 1.807) is 48.4 Å². The van der Waals surface area contributed by atoms with E-state index in [-0.39, 0.29) is 17.4 Å². The van der Waals surface area contributed by atoms with Gasteiger partial charge in [-0.2, -0.15) is 0 Å². The molecule has 0 saturated heterocycles. The lowest BCUT2D eigenvalue weighted by atomic mass is 9.81. The van der Waals surface area contributed by atoms with Crippen molar-refractivity contribution in [1.29, 1.82) is 0 Å². The second kappa shape index (κ2) is 9.33. The minimum atomic E-state index is -0.680. The Morgan fingerprint density at radius 2 is 1.84 bits per heavy atom. The van der Waals surface area contributed by atoms with Gasteiger partial charge in [-0.25, -0.2) is 0 Å². The number of para-hydroxylation sites is 1. The number of hydrogen-bond donors (Lipinski definition) is 2. The SMILES string of the molecule is COCCN1C(=O)c2ccccc2[C@H](C(=O)Nc2ccccc2C(N)=O)[C@@H]1c1cccs1. The number of amides is 3. The maximum absolute atomic E-state index is 13.7. The number of rotatable bonds is 7. The number of anilines is 1. The van der Waals surface area contributed by atoms with Crippen LogP contribution in [0, 0.1) is 0 Å². The van der Waals surface area contributed by atoms with Crippen LogP contribution in [0.1, 0.15) is 43.1 Å². The van der Waals surface area contributed by atoms with E-state index in [1.807, 2.05) is 29.6 Å². The molecule has 0 spiro atoms. The number of fused-ring (bicyclic) bond motifs is 1. The van der Waals surface area contributed by atoms with Gasteiger partial charge in [0.15, 0.2) is 0 Å². The Kier molecular flexibility index (Phi) is 6.34. The number of nitrogens with zero attached hydrogens (tertiary/aromatic N) is 1. The summed E-state index contributed by atoms with van der Waals surface area (Å²) in [6.45, 7) is 0.683. The predicted octanol–water partition coefficient (Wildman–Crippen LogP) is 3.41. The lowest BCUT2D eigenvalue weighted by Crippen LogP contribution is -2.47. The first kappa shape index (κ1) is 21.7. The van der Waals surface area contributed by atoms with Crippen LogP contribution in [0.25, 0.3) is 0 Å². The molecule has 32 heavy (non-hydrogen) atoms. The van der Waals surface area contributed by atoms with E-state index < -0.39 is 17.9 Å². The van der Waals surface area contributed by atoms with Crippen molar-refractivity contribution in [3.63, 3.8) is 0 Å². The molecule has 3 amide bonds. The molecule has 3 N–H and O–H groups in total. The van der Waals surface area contributed by atoms with Gasteiger partial charge in [-0.05, 0) is 35.2 Å². The quantitative estimate of drug-likeness (QED) is 0.577. The normalized spacial score (nSPS) is 17.7. The van der Waals surface area contributed by atoms with Gasteiger partial charge in [-0.3, -0.25) is 14.4 Å². The Labute approximate surface area is 189 Å². The van der Waals surface area contributed by atoms with Crippen molar-refractivity contribution in [2.75, 3.05) is 25.6 Å². The van der Waals surface area contributed by atoms with Crippen molar-refractivity contribution in [1.82, 2.24) is 4.90 Å². The molecule has 3 aromatic rings. The number of benzene rings is 2. The summed E-state index contributed by atoms with van der Waals surface area (Å²) >= 11 is 1.49. The zero-order valence-electron chi connectivity index (χ0n) is 17.5. The van der Waals surface area contributed by atoms with Gasteiger partial charge in [-0.1, -0.05) is 36.4 Å². The van der Waals surface area contributed by atoms with E-state index in [0.29, 0.717) is 30.0 Å². The third-order valence-corrected chi connectivity index (χ3v) is 6.49. The van der Waals surface area contributed by atoms with E-state index in [0.717, 1.165) is 4.88 Å². The van der Waals surface area contributed by atoms with Crippen LogP contribution in [0.3, 0.4) is 0 Å². The van der Waals surface area contributed by atoms with Gasteiger partial charge in [0.1, 0.15) is 0 Å². The molecule has 0 radical (unpaired) electrons. The van der Waals surface area contributed by atoms with Crippen LogP contribution in [-0.4, -0.2) is 42.9 Å². The van der Waals surface area contributed by atoms with Gasteiger partial charge >= 0.3 is 0 Å². The monoisotopic (exact) mass is 449 g/mol. The molecule has 1 aliphatic heterocycles. The molecule has 4 rings (SSSR count). The van der Waals surface area contributed by atoms with E-state index in [1.165, 1.54) is 11.3 Å². The van der Waals surface area contributed by atoms with E-state index in [2.05, 4.69) is 5.32 Å². The summed E-state index contributed by atoms with van der Waals surface area (Å²) in [7, 11) is 1.58. The number of hydrogen-bond acceptors (Lipinski definition) is 5. The lowest BCUT2D eigenvalue weighted by Gasteiger charge is -2.41. The number of ether oxygens (including phenoxy) is 1. The molecule has 7 nitrogen and oxygen atoms in total. The van der Waals surface area contributed by atoms with Gasteiger partial charge in [-0.15, -0.1) is 11.3 Å². The van der Waals surface area contributed by atoms with Crippen molar-refractivity contribution in [2.45, 2.75) is 12.0 Å². The number of nitrogens with one attached hydrogen (secondary N) is 1. The van der Waals surface area contributed by atoms with Gasteiger partial charge < -0.3 is 20.7 Å². The third kappa shape index (κ3) is 4.02. The summed E-state index contributed by atoms with van der Waals surface area (Å²) in [5.74, 6) is -1.77. The average molecular weight is 450 g/mol. The fourth-order valence-electron chi connectivity index (χ4n) is 4.10. The Balaban J connectivity index is 1.81. The van der Waals surface area contributed by atoms with E-state index >= 15 is 0 Å². The topological polar surface area (TPSA) is 102 Å². The standard InChI is InChI=1S/C24H23N3O4S/c1-31-13-12-27-21(19-11-6-14-32-19)20(15-7-2-3-8-16(15)24(27)30)23(29)26-18-10-5-4-9-17(18)22(25)28/h2-11,14,20-21H,12-13H2,1H3,(H2,25,28)(H,26,29)/t20-,21-/m0/s1. The van der Waals surface area contributed by atoms with Crippen LogP contribution < -0.4 is 11.1 Å². The third-order valence-electron chi connectivity index (χ3n) is 5.54. The molecular weight excluding hydrogens is 426 g/mol. The first-order valence-electron chi connectivity index (χ1n) is 10.1. The fourth-order valence-corrected chi connectivity index (χ4v) is 4.98. The van der Waals surface area contributed by atoms with Gasteiger partial charge in [0.05, 0.1) is 29.8 Å². The molecule has 8 heteroatoms. The molecule has 0 bridgehead atoms. The number of carbonyl (C=O) groups excluding carboxylic acids is 3. The Morgan fingerprint density at radius 3 is 2.56 bits per heavy atom. The van der Waals surface area contributed by atoms with Crippen molar-refractivity contribution >= 4 is 34.7 Å². The van der Waals surface area contributed by atoms with Crippen LogP contribution in [0.15, 0.2) is 66.0 Å². The number of thiophene rings is 1. The molecule has 0 aliphatic carbocycles. The van der Waals surface area contributed by atoms with Crippen LogP contribution >= 0.6 is 11.3 Å². The predicted molar refractivity (Wildman–Crippen MR) is 123 cm³/mol. The van der Waals surface area contributed by atoms with Gasteiger partial charge in [0, 0.05) is 24.1 Å². The van der Waals surface area contributed by atoms with Gasteiger partial charge in [0.25, 0.3) is 11.8 Å². The molecular formula is C24H23N3O4S. The van der Waals surface area contributed by atoms with Crippen LogP contribution in [0.2, 0.25) is 0 Å². The summed E-state index contributed by atoms with van der Waals surface area (Å²) < 4.78 is 5.24. The number of primary amides is 1. The Bertz CT molecular complexity index is 1150. The highest BCUT2D eigenvalue weighted by molar-refractivity contribution is 7.10. The highest BCUT2D eigenvalue weighted by Crippen LogP contribution is 2.44. The van der Waals surface area contributed by atoms with Crippen molar-refractivity contribution in [3.8, 4) is 0 Å². The summed E-state index contributed by atoms with van der Waals surface area (Å²) in [6.07, 6.45) is 0. The number of nitrogens with two attached hydrogens (primary N) is 1. The first-order chi connectivity index (χ1) is 15.5. The van der Waals surface area contributed by atoms with Crippen LogP contribution in [0.5, 0.6) is 0 Å². The van der Waals surface area contributed by atoms with E-state index in [4.69, 9.17) is 10.5 Å². The van der Waals surface area contributed by atoms with Crippen LogP contribution in [-0.2, 0) is 9.53 Å². The zero-order chi connectivity index (χ0) is 22.7. The molecule has 1 aromatic heterocycles. The smallest absolute Gasteiger partial charge is 0.254 e. The van der Waals surface area contributed by atoms with Crippen LogP contribution in [0.4, 0.5) is 5.69 Å². The number of carbonyl (C=O) groups is 3. The van der Waals surface area contributed by atoms with Crippen molar-refractivity contribution in [2.24, 2.45) is 5.73 Å². The molecule has 2 heterocycles. The molecule has 0 fully saturated rings. The summed E-state index contributed by atoms with van der Waals surface area (Å²) in [4.78, 5) is 41.5. The maximum atomic E-state index is 13.7. The average Bonchev–Trinajstić information content (AvgIpc) is 3.33. The molecule has 1 aliphatic rings. The van der Waals surface area contributed by atoms with Crippen molar-refractivity contribution < 1.29 is 19.1 Å². The summed E-state index contributed by atoms with van der Waals surface area (Å²) in [5, 5.41) is 4.80. The highest BCUT2D eigenvalue weighted by atomic mass is 32.1. The van der Waals surface area contributed by atoms with Crippen molar-refractivity contribution in [3.05, 3.63) is 87.6 Å². The minimum absolute atomic E-state index is 0.141. The molecule has 164 valence electrons. The van der Waals surface area contributed by atoms with E-state index in [9.17, 15) is 14.4 Å². The second-order valence-electron chi connectivity index (χ2n) is 7.42. The summed E-state index contributed by atoms with van der Waals surface area (Å²) in [6, 6.07) is 17.1.